The van der Waals surface area contributed by atoms with Crippen molar-refractivity contribution in [3.05, 3.63) is 34.9 Å². The summed E-state index contributed by atoms with van der Waals surface area (Å²) in [6.45, 7) is 13.8. The summed E-state index contributed by atoms with van der Waals surface area (Å²) in [7, 11) is 0. The van der Waals surface area contributed by atoms with Crippen molar-refractivity contribution < 1.29 is 4.79 Å². The van der Waals surface area contributed by atoms with Gasteiger partial charge >= 0.3 is 0 Å². The third kappa shape index (κ3) is 3.46. The van der Waals surface area contributed by atoms with Crippen LogP contribution in [0.1, 0.15) is 38.1 Å². The van der Waals surface area contributed by atoms with Crippen LogP contribution in [0.25, 0.3) is 0 Å². The molecule has 4 nitrogen and oxygen atoms in total. The zero-order valence-corrected chi connectivity index (χ0v) is 15.9. The number of nitrogens with zero attached hydrogens (tertiary/aromatic N) is 3. The number of carbonyl (C=O) groups is 1. The molecule has 24 heavy (non-hydrogen) atoms. The van der Waals surface area contributed by atoms with Gasteiger partial charge in [0.15, 0.2) is 0 Å². The average molecular weight is 350 g/mol. The van der Waals surface area contributed by atoms with E-state index in [0.717, 1.165) is 38.3 Å². The Bertz CT molecular complexity index is 599. The molecule has 1 aromatic carbocycles. The number of halogens is 1. The van der Waals surface area contributed by atoms with Gasteiger partial charge in [0.25, 0.3) is 5.91 Å². The summed E-state index contributed by atoms with van der Waals surface area (Å²) in [5.74, 6) is 0.112. The molecule has 132 valence electrons. The molecule has 2 fully saturated rings. The molecular formula is C19H28ClN3O. The van der Waals surface area contributed by atoms with Gasteiger partial charge in [0.05, 0.1) is 0 Å². The van der Waals surface area contributed by atoms with Crippen molar-refractivity contribution >= 4 is 17.5 Å². The molecule has 0 saturated carbocycles. The van der Waals surface area contributed by atoms with Gasteiger partial charge in [-0.1, -0.05) is 11.6 Å². The van der Waals surface area contributed by atoms with Gasteiger partial charge < -0.3 is 4.90 Å². The average Bonchev–Trinajstić information content (AvgIpc) is 2.53. The second kappa shape index (κ2) is 6.66. The Morgan fingerprint density at radius 2 is 1.83 bits per heavy atom. The van der Waals surface area contributed by atoms with Crippen LogP contribution in [0.3, 0.4) is 0 Å². The summed E-state index contributed by atoms with van der Waals surface area (Å²) in [6.07, 6.45) is 0. The summed E-state index contributed by atoms with van der Waals surface area (Å²) >= 11 is 5.95. The van der Waals surface area contributed by atoms with E-state index in [-0.39, 0.29) is 11.4 Å². The fourth-order valence-electron chi connectivity index (χ4n) is 4.11. The summed E-state index contributed by atoms with van der Waals surface area (Å²) in [6, 6.07) is 8.18. The van der Waals surface area contributed by atoms with E-state index in [1.54, 1.807) is 12.1 Å². The molecule has 2 aliphatic heterocycles. The molecule has 0 aromatic heterocycles. The second-order valence-electron chi connectivity index (χ2n) is 7.94. The highest BCUT2D eigenvalue weighted by Gasteiger charge is 2.44. The predicted octanol–water partition coefficient (Wildman–Crippen LogP) is 2.97. The van der Waals surface area contributed by atoms with Crippen molar-refractivity contribution in [2.45, 2.75) is 45.3 Å². The summed E-state index contributed by atoms with van der Waals surface area (Å²) in [4.78, 5) is 20.1. The molecule has 1 atom stereocenters. The van der Waals surface area contributed by atoms with Crippen LogP contribution < -0.4 is 0 Å². The number of piperazine rings is 2. The van der Waals surface area contributed by atoms with E-state index in [1.807, 2.05) is 17.0 Å². The number of carbonyl (C=O) groups excluding carboxylic acids is 1. The monoisotopic (exact) mass is 349 g/mol. The van der Waals surface area contributed by atoms with Crippen LogP contribution in [-0.2, 0) is 0 Å². The SMILES string of the molecule is CC(C)N1CCN2C(CN(C(=O)c3ccc(Cl)cc3)CC2(C)C)C1. The molecule has 2 saturated heterocycles. The van der Waals surface area contributed by atoms with Gasteiger partial charge in [0, 0.05) is 60.9 Å². The van der Waals surface area contributed by atoms with E-state index < -0.39 is 0 Å². The lowest BCUT2D eigenvalue weighted by molar-refractivity contribution is -0.0616. The molecule has 2 aliphatic rings. The lowest BCUT2D eigenvalue weighted by Crippen LogP contribution is -2.70. The van der Waals surface area contributed by atoms with E-state index in [9.17, 15) is 4.79 Å². The second-order valence-corrected chi connectivity index (χ2v) is 8.38. The third-order valence-electron chi connectivity index (χ3n) is 5.41. The van der Waals surface area contributed by atoms with E-state index in [1.165, 1.54) is 0 Å². The zero-order chi connectivity index (χ0) is 17.5. The van der Waals surface area contributed by atoms with E-state index in [0.29, 0.717) is 17.1 Å². The first-order valence-corrected chi connectivity index (χ1v) is 9.21. The van der Waals surface area contributed by atoms with Crippen LogP contribution in [0, 0.1) is 0 Å². The minimum Gasteiger partial charge on any atom is -0.335 e. The molecular weight excluding hydrogens is 322 g/mol. The highest BCUT2D eigenvalue weighted by atomic mass is 35.5. The molecule has 5 heteroatoms. The van der Waals surface area contributed by atoms with Gasteiger partial charge in [-0.05, 0) is 52.0 Å². The van der Waals surface area contributed by atoms with Crippen LogP contribution in [0.4, 0.5) is 0 Å². The normalized spacial score (nSPS) is 24.9. The largest absolute Gasteiger partial charge is 0.335 e. The van der Waals surface area contributed by atoms with Crippen molar-refractivity contribution in [2.24, 2.45) is 0 Å². The highest BCUT2D eigenvalue weighted by molar-refractivity contribution is 6.30. The van der Waals surface area contributed by atoms with Crippen molar-refractivity contribution in [2.75, 3.05) is 32.7 Å². The number of hydrogen-bond donors (Lipinski definition) is 0. The Morgan fingerprint density at radius 3 is 2.46 bits per heavy atom. The Hall–Kier alpha value is -1.10. The smallest absolute Gasteiger partial charge is 0.253 e. The Balaban J connectivity index is 1.78. The number of benzene rings is 1. The lowest BCUT2D eigenvalue weighted by atomic mass is 9.92. The molecule has 1 aromatic rings. The van der Waals surface area contributed by atoms with E-state index in [2.05, 4.69) is 37.5 Å². The van der Waals surface area contributed by atoms with Crippen LogP contribution in [0.15, 0.2) is 24.3 Å². The molecule has 0 radical (unpaired) electrons. The molecule has 0 aliphatic carbocycles. The van der Waals surface area contributed by atoms with Crippen LogP contribution in [0.5, 0.6) is 0 Å². The van der Waals surface area contributed by atoms with Crippen molar-refractivity contribution in [1.82, 2.24) is 14.7 Å². The Morgan fingerprint density at radius 1 is 1.17 bits per heavy atom. The predicted molar refractivity (Wildman–Crippen MR) is 98.6 cm³/mol. The van der Waals surface area contributed by atoms with Gasteiger partial charge in [0.2, 0.25) is 0 Å². The molecule has 0 bridgehead atoms. The van der Waals surface area contributed by atoms with E-state index >= 15 is 0 Å². The standard InChI is InChI=1S/C19H28ClN3O/c1-14(2)21-9-10-23-17(11-21)12-22(13-19(23,3)4)18(24)15-5-7-16(20)8-6-15/h5-8,14,17H,9-13H2,1-4H3. The van der Waals surface area contributed by atoms with Crippen LogP contribution in [-0.4, -0.2) is 71.0 Å². The van der Waals surface area contributed by atoms with Crippen LogP contribution >= 0.6 is 11.6 Å². The number of amides is 1. The molecule has 1 unspecified atom stereocenters. The minimum absolute atomic E-state index is 0.00801. The summed E-state index contributed by atoms with van der Waals surface area (Å²) in [5, 5.41) is 0.663. The van der Waals surface area contributed by atoms with Crippen molar-refractivity contribution in [3.8, 4) is 0 Å². The zero-order valence-electron chi connectivity index (χ0n) is 15.1. The molecule has 0 spiro atoms. The molecule has 1 amide bonds. The Labute approximate surface area is 150 Å². The maximum absolute atomic E-state index is 12.9. The first-order chi connectivity index (χ1) is 11.3. The topological polar surface area (TPSA) is 26.8 Å². The first kappa shape index (κ1) is 17.7. The molecule has 0 N–H and O–H groups in total. The summed E-state index contributed by atoms with van der Waals surface area (Å²) in [5.41, 5.74) is 0.730. The fraction of sp³-hybridized carbons (Fsp3) is 0.632. The Kier molecular flexibility index (Phi) is 4.92. The van der Waals surface area contributed by atoms with E-state index in [4.69, 9.17) is 11.6 Å². The van der Waals surface area contributed by atoms with Gasteiger partial charge in [0.1, 0.15) is 0 Å². The van der Waals surface area contributed by atoms with Crippen LogP contribution in [0.2, 0.25) is 5.02 Å². The van der Waals surface area contributed by atoms with Gasteiger partial charge in [-0.15, -0.1) is 0 Å². The number of hydrogen-bond acceptors (Lipinski definition) is 3. The quantitative estimate of drug-likeness (QED) is 0.821. The number of rotatable bonds is 2. The fourth-order valence-corrected chi connectivity index (χ4v) is 4.23. The van der Waals surface area contributed by atoms with Crippen molar-refractivity contribution in [3.63, 3.8) is 0 Å². The molecule has 2 heterocycles. The summed E-state index contributed by atoms with van der Waals surface area (Å²) < 4.78 is 0. The minimum atomic E-state index is 0.00801. The van der Waals surface area contributed by atoms with Gasteiger partial charge in [-0.2, -0.15) is 0 Å². The first-order valence-electron chi connectivity index (χ1n) is 8.83. The van der Waals surface area contributed by atoms with Gasteiger partial charge in [-0.25, -0.2) is 0 Å². The van der Waals surface area contributed by atoms with Crippen molar-refractivity contribution in [1.29, 1.82) is 0 Å². The van der Waals surface area contributed by atoms with Gasteiger partial charge in [-0.3, -0.25) is 14.6 Å². The molecule has 3 rings (SSSR count). The third-order valence-corrected chi connectivity index (χ3v) is 5.66. The number of fused-ring (bicyclic) bond motifs is 1. The highest BCUT2D eigenvalue weighted by Crippen LogP contribution is 2.29. The maximum Gasteiger partial charge on any atom is 0.253 e. The lowest BCUT2D eigenvalue weighted by Gasteiger charge is -2.56. The maximum atomic E-state index is 12.9.